The number of fused-ring (bicyclic) bond motifs is 1. The van der Waals surface area contributed by atoms with E-state index < -0.39 is 0 Å². The molecule has 3 heterocycles. The predicted octanol–water partition coefficient (Wildman–Crippen LogP) is 6.75. The lowest BCUT2D eigenvalue weighted by molar-refractivity contribution is 0.415. The van der Waals surface area contributed by atoms with Crippen LogP contribution >= 0.6 is 34.5 Å². The molecule has 6 nitrogen and oxygen atoms in total. The minimum absolute atomic E-state index is 0.355. The summed E-state index contributed by atoms with van der Waals surface area (Å²) in [5.74, 6) is 1.83. The van der Waals surface area contributed by atoms with E-state index in [9.17, 15) is 0 Å². The van der Waals surface area contributed by atoms with Crippen molar-refractivity contribution in [2.45, 2.75) is 0 Å². The van der Waals surface area contributed by atoms with Crippen LogP contribution in [0.3, 0.4) is 0 Å². The molecule has 5 aromatic rings. The van der Waals surface area contributed by atoms with E-state index >= 15 is 0 Å². The summed E-state index contributed by atoms with van der Waals surface area (Å²) in [6, 6.07) is 13.5. The van der Waals surface area contributed by atoms with Crippen molar-refractivity contribution in [2.75, 3.05) is 14.2 Å². The molecule has 3 aromatic heterocycles. The quantitative estimate of drug-likeness (QED) is 0.252. The number of halogens is 2. The lowest BCUT2D eigenvalue weighted by Gasteiger charge is -2.11. The second-order valence-electron chi connectivity index (χ2n) is 7.30. The molecule has 5 rings (SSSR count). The maximum absolute atomic E-state index is 6.77. The number of imidazole rings is 1. The van der Waals surface area contributed by atoms with Gasteiger partial charge in [0.25, 0.3) is 0 Å². The molecule has 166 valence electrons. The van der Waals surface area contributed by atoms with Crippen molar-refractivity contribution < 1.29 is 9.47 Å². The van der Waals surface area contributed by atoms with Crippen molar-refractivity contribution >= 4 is 44.8 Å². The molecule has 0 saturated carbocycles. The fraction of sp³-hybridized carbons (Fsp3) is 0.125. The van der Waals surface area contributed by atoms with Crippen LogP contribution in [0.2, 0.25) is 10.2 Å². The third-order valence-electron chi connectivity index (χ3n) is 5.25. The molecule has 0 unspecified atom stereocenters. The minimum atomic E-state index is 0.355. The van der Waals surface area contributed by atoms with Gasteiger partial charge in [0.2, 0.25) is 0 Å². The van der Waals surface area contributed by atoms with Gasteiger partial charge in [-0.2, -0.15) is 0 Å². The van der Waals surface area contributed by atoms with Crippen LogP contribution in [0.15, 0.2) is 55.0 Å². The van der Waals surface area contributed by atoms with E-state index in [1.54, 1.807) is 20.5 Å². The van der Waals surface area contributed by atoms with Crippen LogP contribution in [0.1, 0.15) is 0 Å². The normalized spacial score (nSPS) is 11.2. The highest BCUT2D eigenvalue weighted by molar-refractivity contribution is 7.22. The monoisotopic (exact) mass is 496 g/mol. The highest BCUT2D eigenvalue weighted by Crippen LogP contribution is 2.49. The maximum atomic E-state index is 6.77. The van der Waals surface area contributed by atoms with Crippen LogP contribution in [0, 0.1) is 0 Å². The Morgan fingerprint density at radius 3 is 2.42 bits per heavy atom. The summed E-state index contributed by atoms with van der Waals surface area (Å²) in [4.78, 5) is 15.4. The molecule has 0 fully saturated rings. The van der Waals surface area contributed by atoms with E-state index in [0.717, 1.165) is 37.5 Å². The number of aromatic nitrogens is 4. The zero-order valence-corrected chi connectivity index (χ0v) is 20.3. The van der Waals surface area contributed by atoms with Gasteiger partial charge in [-0.15, -0.1) is 11.3 Å². The Hall–Kier alpha value is -3.13. The largest absolute Gasteiger partial charge is 0.497 e. The van der Waals surface area contributed by atoms with Gasteiger partial charge in [0, 0.05) is 29.2 Å². The molecule has 0 aliphatic heterocycles. The Bertz CT molecular complexity index is 1480. The first-order valence-corrected chi connectivity index (χ1v) is 11.5. The molecule has 0 saturated heterocycles. The minimum Gasteiger partial charge on any atom is -0.497 e. The molecule has 0 aliphatic carbocycles. The fourth-order valence-corrected chi connectivity index (χ4v) is 5.57. The average Bonchev–Trinajstić information content (AvgIpc) is 3.43. The van der Waals surface area contributed by atoms with Crippen LogP contribution in [0.25, 0.3) is 43.3 Å². The van der Waals surface area contributed by atoms with Crippen molar-refractivity contribution in [3.05, 3.63) is 65.2 Å². The number of benzene rings is 2. The maximum Gasteiger partial charge on any atom is 0.182 e. The van der Waals surface area contributed by atoms with Gasteiger partial charge in [-0.05, 0) is 23.8 Å². The van der Waals surface area contributed by atoms with Gasteiger partial charge in [-0.1, -0.05) is 47.5 Å². The summed E-state index contributed by atoms with van der Waals surface area (Å²) in [5.41, 5.74) is 3.35. The topological polar surface area (TPSA) is 62.1 Å². The average molecular weight is 497 g/mol. The van der Waals surface area contributed by atoms with E-state index in [0.29, 0.717) is 27.4 Å². The highest BCUT2D eigenvalue weighted by Gasteiger charge is 2.23. The summed E-state index contributed by atoms with van der Waals surface area (Å²) < 4.78 is 12.6. The van der Waals surface area contributed by atoms with Crippen LogP contribution in [-0.2, 0) is 7.05 Å². The van der Waals surface area contributed by atoms with E-state index in [1.807, 2.05) is 60.3 Å². The number of aryl methyl sites for hydroxylation is 1. The second kappa shape index (κ2) is 8.67. The fourth-order valence-electron chi connectivity index (χ4n) is 3.67. The molecule has 0 bridgehead atoms. The number of nitrogens with zero attached hydrogens (tertiary/aromatic N) is 4. The molecule has 0 atom stereocenters. The first-order chi connectivity index (χ1) is 16.0. The molecule has 0 N–H and O–H groups in total. The smallest absolute Gasteiger partial charge is 0.182 e. The molecule has 0 spiro atoms. The van der Waals surface area contributed by atoms with E-state index in [-0.39, 0.29) is 0 Å². The third-order valence-corrected chi connectivity index (χ3v) is 7.03. The Kier molecular flexibility index (Phi) is 5.70. The molecular formula is C24H18Cl2N4O2S. The predicted molar refractivity (Wildman–Crippen MR) is 134 cm³/mol. The molecule has 9 heteroatoms. The Balaban J connectivity index is 1.81. The van der Waals surface area contributed by atoms with Gasteiger partial charge in [-0.25, -0.2) is 15.0 Å². The zero-order chi connectivity index (χ0) is 23.1. The van der Waals surface area contributed by atoms with Crippen molar-refractivity contribution in [3.8, 4) is 44.6 Å². The lowest BCUT2D eigenvalue weighted by atomic mass is 10.00. The van der Waals surface area contributed by atoms with Gasteiger partial charge in [-0.3, -0.25) is 0 Å². The van der Waals surface area contributed by atoms with Gasteiger partial charge in [0.05, 0.1) is 31.0 Å². The molecule has 0 amide bonds. The van der Waals surface area contributed by atoms with Gasteiger partial charge < -0.3 is 14.0 Å². The number of rotatable bonds is 5. The van der Waals surface area contributed by atoms with Crippen molar-refractivity contribution in [1.82, 2.24) is 19.5 Å². The molecular weight excluding hydrogens is 479 g/mol. The van der Waals surface area contributed by atoms with Crippen LogP contribution in [0.4, 0.5) is 0 Å². The van der Waals surface area contributed by atoms with Crippen molar-refractivity contribution in [3.63, 3.8) is 0 Å². The first kappa shape index (κ1) is 21.7. The summed E-state index contributed by atoms with van der Waals surface area (Å²) in [6.45, 7) is 0. The van der Waals surface area contributed by atoms with Crippen LogP contribution in [-0.4, -0.2) is 33.7 Å². The standard InChI is InChI=1S/C24H18Cl2N4O2S/c1-30-11-16(27-12-30)23-28-22(26)19-18(13-7-9-14(31-2)10-8-13)21(33-24(19)29-23)15-5-4-6-17(32-3)20(15)25/h4-12H,1-3H3. The highest BCUT2D eigenvalue weighted by atomic mass is 35.5. The lowest BCUT2D eigenvalue weighted by Crippen LogP contribution is -1.91. The van der Waals surface area contributed by atoms with Crippen molar-refractivity contribution in [2.24, 2.45) is 7.05 Å². The van der Waals surface area contributed by atoms with Gasteiger partial charge in [0.15, 0.2) is 5.82 Å². The van der Waals surface area contributed by atoms with E-state index in [4.69, 9.17) is 37.7 Å². The van der Waals surface area contributed by atoms with Crippen LogP contribution < -0.4 is 9.47 Å². The summed E-state index contributed by atoms with van der Waals surface area (Å²) >= 11 is 15.0. The second-order valence-corrected chi connectivity index (χ2v) is 9.03. The van der Waals surface area contributed by atoms with Crippen LogP contribution in [0.5, 0.6) is 11.5 Å². The summed E-state index contributed by atoms with van der Waals surface area (Å²) in [5, 5.41) is 1.64. The molecule has 0 aliphatic rings. The SMILES string of the molecule is COc1ccc(-c2c(-c3cccc(OC)c3Cl)sc3nc(-c4cn(C)cn4)nc(Cl)c23)cc1. The molecule has 2 aromatic carbocycles. The number of thiophene rings is 1. The molecule has 0 radical (unpaired) electrons. The Labute approximate surface area is 204 Å². The summed E-state index contributed by atoms with van der Waals surface area (Å²) in [6.07, 6.45) is 3.56. The van der Waals surface area contributed by atoms with Gasteiger partial charge >= 0.3 is 0 Å². The van der Waals surface area contributed by atoms with E-state index in [2.05, 4.69) is 9.97 Å². The van der Waals surface area contributed by atoms with E-state index in [1.165, 1.54) is 11.3 Å². The first-order valence-electron chi connectivity index (χ1n) is 9.95. The molecule has 33 heavy (non-hydrogen) atoms. The van der Waals surface area contributed by atoms with Gasteiger partial charge in [0.1, 0.15) is 27.2 Å². The third kappa shape index (κ3) is 3.82. The number of ether oxygens (including phenoxy) is 2. The number of hydrogen-bond donors (Lipinski definition) is 0. The number of hydrogen-bond acceptors (Lipinski definition) is 6. The Morgan fingerprint density at radius 2 is 1.76 bits per heavy atom. The zero-order valence-electron chi connectivity index (χ0n) is 18.0. The Morgan fingerprint density at radius 1 is 0.970 bits per heavy atom. The number of methoxy groups -OCH3 is 2. The van der Waals surface area contributed by atoms with Crippen molar-refractivity contribution in [1.29, 1.82) is 0 Å². The summed E-state index contributed by atoms with van der Waals surface area (Å²) in [7, 11) is 5.13.